The Morgan fingerprint density at radius 1 is 0.291 bits per heavy atom. The minimum Gasteiger partial charge on any atom is -0.512 e. The maximum absolute atomic E-state index is 10.0. The molecular weight excluding hydrogens is 2750 g/mol. The number of aromatic nitrogens is 16. The number of hydrogen-bond donors (Lipinski definition) is 5. The average molecular weight is 2860 g/mol. The first-order valence-electron chi connectivity index (χ1n) is 46.4. The monoisotopic (exact) mass is 2860 g/mol. The molecule has 24 rings (SSSR count). The number of aryl methyl sites for hydroxylation is 2. The number of pyridine rings is 6. The number of aliphatic hydroxyl groups excluding tert-OH is 5. The predicted octanol–water partition coefficient (Wildman–Crippen LogP) is 25.2. The quantitative estimate of drug-likeness (QED) is 0.0627. The van der Waals surface area contributed by atoms with Gasteiger partial charge in [0.15, 0.2) is 28.9 Å². The fraction of sp³-hybridized carbons (Fsp3) is 0.137. The van der Waals surface area contributed by atoms with Crippen LogP contribution in [0.5, 0.6) is 0 Å². The number of allylic oxidation sites excluding steroid dienone is 10. The molecule has 16 heterocycles. The molecule has 0 unspecified atom stereocenters. The second-order valence-corrected chi connectivity index (χ2v) is 34.2. The van der Waals surface area contributed by atoms with E-state index in [1.807, 2.05) is 110 Å². The van der Waals surface area contributed by atoms with Crippen LogP contribution in [0.1, 0.15) is 104 Å². The summed E-state index contributed by atoms with van der Waals surface area (Å²) in [5.41, 5.74) is 17.7. The SMILES string of the molecule is CC(=O)C=C(C)O.CC(=O)C=C(C)O.CC(=O)C=C(C)O.CC(=O)C=C(C)O.CC(=O)C=C(C)O.Cc1c[n-]c(-n2c3ccccc3c3cccnc32)c1C.[Ir].[Ir].[Ir].[Ir].[Ir].c1ccc2[n-]c(-n3c4ccccc4c4cccnc43)cc2c1.c1ccc2c(-n3c4ccccc4c4cccnc43)[n-]cc2c1.c1ccc2c(c1)c1cccnc1n2-c1[n-]cc2c1CCCC2.c1ccc2c(c1)c1cccnc1n2-c1cc2ccncc2[n-]1. The largest absolute Gasteiger partial charge is 0.512 e. The molecule has 31 heteroatoms. The molecule has 0 saturated carbocycles. The zero-order chi connectivity index (χ0) is 101. The van der Waals surface area contributed by atoms with E-state index in [1.54, 1.807) is 12.4 Å². The van der Waals surface area contributed by atoms with Crippen LogP contribution in [0.2, 0.25) is 0 Å². The Morgan fingerprint density at radius 3 is 0.926 bits per heavy atom. The number of aliphatic hydroxyl groups is 5. The van der Waals surface area contributed by atoms with E-state index in [0.29, 0.717) is 0 Å². The first kappa shape index (κ1) is 115. The van der Waals surface area contributed by atoms with Crippen LogP contribution in [0.4, 0.5) is 0 Å². The molecule has 763 valence electrons. The van der Waals surface area contributed by atoms with E-state index in [9.17, 15) is 24.0 Å². The Hall–Kier alpha value is -15.1. The van der Waals surface area contributed by atoms with Gasteiger partial charge in [-0.2, -0.15) is 0 Å². The summed E-state index contributed by atoms with van der Waals surface area (Å²) in [6, 6.07) is 85.2. The summed E-state index contributed by atoms with van der Waals surface area (Å²) in [5.74, 6) is 4.50. The van der Waals surface area contributed by atoms with Gasteiger partial charge in [-0.05, 0) is 266 Å². The van der Waals surface area contributed by atoms with Gasteiger partial charge < -0.3 is 73.3 Å². The maximum Gasteiger partial charge on any atom is 0.155 e. The van der Waals surface area contributed by atoms with Gasteiger partial charge in [0.2, 0.25) is 0 Å². The van der Waals surface area contributed by atoms with Gasteiger partial charge in [0.1, 0.15) is 0 Å². The molecule has 16 aromatic heterocycles. The first-order chi connectivity index (χ1) is 69.1. The number of carbonyl (C=O) groups excluding carboxylic acids is 5. The van der Waals surface area contributed by atoms with Crippen molar-refractivity contribution in [1.29, 1.82) is 0 Å². The van der Waals surface area contributed by atoms with Crippen molar-refractivity contribution in [1.82, 2.24) is 77.7 Å². The average Bonchev–Trinajstić information content (AvgIpc) is 1.69. The summed E-state index contributed by atoms with van der Waals surface area (Å²) in [6.07, 6.45) is 29.4. The molecule has 1 aliphatic rings. The van der Waals surface area contributed by atoms with E-state index >= 15 is 0 Å². The Kier molecular flexibility index (Phi) is 41.4. The van der Waals surface area contributed by atoms with E-state index in [-0.39, 0.29) is 158 Å². The fourth-order valence-electron chi connectivity index (χ4n) is 17.4. The van der Waals surface area contributed by atoms with Gasteiger partial charge in [0.25, 0.3) is 0 Å². The van der Waals surface area contributed by atoms with Crippen molar-refractivity contribution >= 4 is 171 Å². The number of carbonyl (C=O) groups is 5. The predicted molar refractivity (Wildman–Crippen MR) is 571 cm³/mol. The molecule has 7 aromatic carbocycles. The number of rotatable bonds is 10. The Labute approximate surface area is 920 Å². The minimum absolute atomic E-state index is 0. The number of hydrogen-bond acceptors (Lipinski definition) is 16. The summed E-state index contributed by atoms with van der Waals surface area (Å²) in [4.78, 5) is 101. The van der Waals surface area contributed by atoms with Crippen molar-refractivity contribution in [2.75, 3.05) is 0 Å². The third kappa shape index (κ3) is 27.0. The van der Waals surface area contributed by atoms with E-state index in [2.05, 4.69) is 265 Å². The molecule has 0 amide bonds. The Bertz CT molecular complexity index is 8110. The van der Waals surface area contributed by atoms with Crippen LogP contribution in [-0.2, 0) is 137 Å². The van der Waals surface area contributed by atoms with Gasteiger partial charge in [0.05, 0.1) is 57.0 Å². The topological polar surface area (TPSA) is 359 Å². The molecule has 148 heavy (non-hydrogen) atoms. The van der Waals surface area contributed by atoms with Gasteiger partial charge in [0, 0.05) is 201 Å². The number of nitrogens with zero attached hydrogens (tertiary/aromatic N) is 16. The van der Waals surface area contributed by atoms with Crippen molar-refractivity contribution in [3.05, 3.63) is 392 Å². The van der Waals surface area contributed by atoms with E-state index in [4.69, 9.17) is 40.5 Å². The van der Waals surface area contributed by atoms with Crippen LogP contribution >= 0.6 is 0 Å². The van der Waals surface area contributed by atoms with Crippen LogP contribution in [0.15, 0.2) is 370 Å². The molecule has 0 saturated heterocycles. The van der Waals surface area contributed by atoms with Gasteiger partial charge in [-0.1, -0.05) is 248 Å². The van der Waals surface area contributed by atoms with Crippen molar-refractivity contribution in [2.45, 2.75) is 109 Å². The van der Waals surface area contributed by atoms with E-state index < -0.39 is 0 Å². The molecule has 5 N–H and O–H groups in total. The molecule has 0 spiro atoms. The number of ketones is 5. The number of benzene rings is 7. The van der Waals surface area contributed by atoms with Crippen LogP contribution in [0, 0.1) is 13.8 Å². The standard InChI is InChI=1S/C19H12N3.C19H16N3.C19H12N3.C18H11N4.C17H14N3.5C5H8O2.5Ir/c1-3-9-16-13(6-1)12-18(21-16)22-17-10-4-2-7-14(17)15-8-5-11-20-19(15)22;2*1-2-7-14-13(6-1)12-21-18(14)22-17-10-4-3-8-15(17)16-9-5-11-20-19(16)22;1-2-6-16-13(4-1)14-5-3-8-20-18(14)22(16)17-10-12-7-9-19-11-15(12)21-17;1-11-10-19-16(12(11)2)20-15-8-4-3-6-13(15)14-7-5-9-18-17(14)20;5*1-4(6)3-5(2)7;;;;;/h1-12H;3-5,8-12H,1-2,6-7H2;1-12H;1-11H;3-10H,1-2H3;5*3,6H,1-2H3;;;;;/q5*-1;;;;;;;;;;. The molecule has 26 nitrogen and oxygen atoms in total. The molecule has 0 bridgehead atoms. The third-order valence-electron chi connectivity index (χ3n) is 23.1. The molecule has 0 atom stereocenters. The van der Waals surface area contributed by atoms with Crippen molar-refractivity contribution in [2.24, 2.45) is 0 Å². The molecule has 0 aliphatic heterocycles. The summed E-state index contributed by atoms with van der Waals surface area (Å²) < 4.78 is 10.8. The second-order valence-electron chi connectivity index (χ2n) is 34.2. The van der Waals surface area contributed by atoms with Crippen LogP contribution in [0.3, 0.4) is 0 Å². The maximum atomic E-state index is 10.0. The third-order valence-corrected chi connectivity index (χ3v) is 23.1. The van der Waals surface area contributed by atoms with Gasteiger partial charge in [-0.3, -0.25) is 53.9 Å². The molecule has 0 fully saturated rings. The number of fused-ring (bicyclic) bond motifs is 19. The second kappa shape index (κ2) is 53.3. The molecule has 23 aromatic rings. The van der Waals surface area contributed by atoms with Gasteiger partial charge >= 0.3 is 0 Å². The van der Waals surface area contributed by atoms with Crippen molar-refractivity contribution < 1.29 is 150 Å². The van der Waals surface area contributed by atoms with Gasteiger partial charge in [-0.25, -0.2) is 0 Å². The van der Waals surface area contributed by atoms with E-state index in [1.165, 1.54) is 178 Å². The molecule has 5 radical (unpaired) electrons. The summed E-state index contributed by atoms with van der Waals surface area (Å²) in [6.45, 7) is 18.4. The zero-order valence-electron chi connectivity index (χ0n) is 82.8. The molecule has 1 aliphatic carbocycles. The van der Waals surface area contributed by atoms with E-state index in [0.717, 1.165) is 141 Å². The van der Waals surface area contributed by atoms with Crippen LogP contribution < -0.4 is 24.9 Å². The summed E-state index contributed by atoms with van der Waals surface area (Å²) >= 11 is 0. The molecular formula is C117H105Ir5N16O10-5. The van der Waals surface area contributed by atoms with Crippen LogP contribution in [0.25, 0.3) is 171 Å². The normalized spacial score (nSPS) is 11.6. The Morgan fingerprint density at radius 2 is 0.581 bits per heavy atom. The summed E-state index contributed by atoms with van der Waals surface area (Å²) in [5, 5.41) is 58.3. The summed E-state index contributed by atoms with van der Waals surface area (Å²) in [7, 11) is 0. The van der Waals surface area contributed by atoms with Crippen molar-refractivity contribution in [3.8, 4) is 29.1 Å². The Balaban J connectivity index is 0.000000174. The number of para-hydroxylation sites is 6. The van der Waals surface area contributed by atoms with Crippen LogP contribution in [-0.4, -0.2) is 107 Å². The fourth-order valence-corrected chi connectivity index (χ4v) is 17.4. The smallest absolute Gasteiger partial charge is 0.155 e. The zero-order valence-corrected chi connectivity index (χ0v) is 94.7. The first-order valence-corrected chi connectivity index (χ1v) is 46.4. The minimum atomic E-state index is -0.125. The van der Waals surface area contributed by atoms with Gasteiger partial charge in [-0.15, -0.1) is 0 Å². The van der Waals surface area contributed by atoms with Crippen molar-refractivity contribution in [3.63, 3.8) is 0 Å².